The Morgan fingerprint density at radius 2 is 2.40 bits per heavy atom. The number of halogens is 1. The number of nitrogens with zero attached hydrogens (tertiary/aromatic N) is 2. The molecule has 0 spiro atoms. The summed E-state index contributed by atoms with van der Waals surface area (Å²) >= 11 is 5.52. The molecule has 1 rings (SSSR count). The van der Waals surface area contributed by atoms with Crippen LogP contribution in [0.25, 0.3) is 0 Å². The van der Waals surface area contributed by atoms with Crippen LogP contribution in [0.15, 0.2) is 12.3 Å². The molecule has 0 bridgehead atoms. The fourth-order valence-electron chi connectivity index (χ4n) is 0.937. The highest BCUT2D eigenvalue weighted by molar-refractivity contribution is 6.20. The van der Waals surface area contributed by atoms with Gasteiger partial charge in [-0.3, -0.25) is 0 Å². The molecule has 1 aromatic rings. The molecule has 0 aromatic carbocycles. The molecular formula is C9H11ClN2O3. The normalized spacial score (nSPS) is 11.9. The smallest absolute Gasteiger partial charge is 0.364 e. The van der Waals surface area contributed by atoms with Gasteiger partial charge in [0.1, 0.15) is 0 Å². The maximum absolute atomic E-state index is 11.5. The van der Waals surface area contributed by atoms with Gasteiger partial charge >= 0.3 is 5.97 Å². The molecule has 82 valence electrons. The Hall–Kier alpha value is -1.36. The Bertz CT molecular complexity index is 344. The Balaban J connectivity index is 2.87. The molecule has 0 fully saturated rings. The standard InChI is InChI=1S/C9H11ClN2O3/c1-3-14-7-4-5-11-12-8(7)9(13)15-6(2)10/h4-6H,3H2,1-2H3. The third-order valence-corrected chi connectivity index (χ3v) is 1.54. The van der Waals surface area contributed by atoms with Crippen LogP contribution in [0.5, 0.6) is 5.75 Å². The van der Waals surface area contributed by atoms with Crippen LogP contribution in [-0.2, 0) is 4.74 Å². The van der Waals surface area contributed by atoms with Gasteiger partial charge in [-0.05, 0) is 13.8 Å². The molecule has 1 unspecified atom stereocenters. The highest BCUT2D eigenvalue weighted by atomic mass is 35.5. The van der Waals surface area contributed by atoms with Crippen LogP contribution in [0.3, 0.4) is 0 Å². The summed E-state index contributed by atoms with van der Waals surface area (Å²) in [5.41, 5.74) is -0.680. The number of aromatic nitrogens is 2. The van der Waals surface area contributed by atoms with E-state index in [9.17, 15) is 4.79 Å². The summed E-state index contributed by atoms with van der Waals surface area (Å²) in [7, 11) is 0. The second kappa shape index (κ2) is 5.50. The van der Waals surface area contributed by atoms with E-state index in [1.54, 1.807) is 13.0 Å². The number of rotatable bonds is 4. The zero-order valence-corrected chi connectivity index (χ0v) is 9.19. The molecule has 0 aliphatic rings. The van der Waals surface area contributed by atoms with E-state index in [0.29, 0.717) is 12.4 Å². The van der Waals surface area contributed by atoms with Crippen molar-refractivity contribution in [3.63, 3.8) is 0 Å². The molecule has 15 heavy (non-hydrogen) atoms. The third-order valence-electron chi connectivity index (χ3n) is 1.45. The summed E-state index contributed by atoms with van der Waals surface area (Å²) in [5.74, 6) is -0.302. The molecule has 0 saturated heterocycles. The van der Waals surface area contributed by atoms with Crippen molar-refractivity contribution in [3.8, 4) is 5.75 Å². The zero-order valence-electron chi connectivity index (χ0n) is 8.44. The number of alkyl halides is 1. The van der Waals surface area contributed by atoms with E-state index in [0.717, 1.165) is 0 Å². The largest absolute Gasteiger partial charge is 0.491 e. The predicted octanol–water partition coefficient (Wildman–Crippen LogP) is 1.62. The average molecular weight is 231 g/mol. The number of hydrogen-bond acceptors (Lipinski definition) is 5. The molecule has 1 atom stereocenters. The van der Waals surface area contributed by atoms with Gasteiger partial charge in [-0.25, -0.2) is 4.79 Å². The fourth-order valence-corrected chi connectivity index (χ4v) is 1.02. The maximum atomic E-state index is 11.5. The lowest BCUT2D eigenvalue weighted by Crippen LogP contribution is -2.14. The molecular weight excluding hydrogens is 220 g/mol. The minimum absolute atomic E-state index is 0.0341. The monoisotopic (exact) mass is 230 g/mol. The lowest BCUT2D eigenvalue weighted by Gasteiger charge is -2.08. The van der Waals surface area contributed by atoms with E-state index in [2.05, 4.69) is 10.2 Å². The summed E-state index contributed by atoms with van der Waals surface area (Å²) in [6.45, 7) is 3.78. The van der Waals surface area contributed by atoms with Crippen LogP contribution < -0.4 is 4.74 Å². The fraction of sp³-hybridized carbons (Fsp3) is 0.444. The number of ether oxygens (including phenoxy) is 2. The van der Waals surface area contributed by atoms with Gasteiger partial charge in [0.2, 0.25) is 5.69 Å². The molecule has 0 aliphatic heterocycles. The minimum atomic E-state index is -0.714. The summed E-state index contributed by atoms with van der Waals surface area (Å²) in [5, 5.41) is 7.22. The summed E-state index contributed by atoms with van der Waals surface area (Å²) in [6.07, 6.45) is 1.44. The number of hydrogen-bond donors (Lipinski definition) is 0. The Labute approximate surface area is 92.4 Å². The molecule has 0 N–H and O–H groups in total. The Morgan fingerprint density at radius 3 is 3.00 bits per heavy atom. The van der Waals surface area contributed by atoms with E-state index in [4.69, 9.17) is 21.1 Å². The van der Waals surface area contributed by atoms with Crippen molar-refractivity contribution in [3.05, 3.63) is 18.0 Å². The van der Waals surface area contributed by atoms with Gasteiger partial charge in [-0.15, -0.1) is 5.10 Å². The van der Waals surface area contributed by atoms with Crippen molar-refractivity contribution in [1.82, 2.24) is 10.2 Å². The summed E-state index contributed by atoms with van der Waals surface area (Å²) in [6, 6.07) is 1.55. The molecule has 0 radical (unpaired) electrons. The lowest BCUT2D eigenvalue weighted by atomic mass is 10.3. The lowest BCUT2D eigenvalue weighted by molar-refractivity contribution is 0.0459. The van der Waals surface area contributed by atoms with E-state index in [1.165, 1.54) is 13.1 Å². The van der Waals surface area contributed by atoms with Gasteiger partial charge in [0.05, 0.1) is 12.8 Å². The van der Waals surface area contributed by atoms with Gasteiger partial charge in [0.15, 0.2) is 11.3 Å². The quantitative estimate of drug-likeness (QED) is 0.581. The molecule has 6 heteroatoms. The third kappa shape index (κ3) is 3.36. The first-order valence-electron chi connectivity index (χ1n) is 4.44. The first-order valence-corrected chi connectivity index (χ1v) is 4.88. The SMILES string of the molecule is CCOc1ccnnc1C(=O)OC(C)Cl. The number of esters is 1. The van der Waals surface area contributed by atoms with E-state index >= 15 is 0 Å². The Morgan fingerprint density at radius 1 is 1.67 bits per heavy atom. The molecule has 0 amide bonds. The number of carbonyl (C=O) groups is 1. The number of carbonyl (C=O) groups excluding carboxylic acids is 1. The topological polar surface area (TPSA) is 61.3 Å². The highest BCUT2D eigenvalue weighted by Gasteiger charge is 2.17. The van der Waals surface area contributed by atoms with Crippen LogP contribution in [-0.4, -0.2) is 28.3 Å². The van der Waals surface area contributed by atoms with Crippen LogP contribution in [0.1, 0.15) is 24.3 Å². The zero-order chi connectivity index (χ0) is 11.3. The van der Waals surface area contributed by atoms with Crippen molar-refractivity contribution in [1.29, 1.82) is 0 Å². The molecule has 0 saturated carbocycles. The molecule has 0 aliphatic carbocycles. The first kappa shape index (κ1) is 11.7. The minimum Gasteiger partial charge on any atom is -0.491 e. The molecule has 5 nitrogen and oxygen atoms in total. The van der Waals surface area contributed by atoms with Crippen LogP contribution >= 0.6 is 11.6 Å². The highest BCUT2D eigenvalue weighted by Crippen LogP contribution is 2.16. The van der Waals surface area contributed by atoms with E-state index in [1.807, 2.05) is 0 Å². The van der Waals surface area contributed by atoms with Crippen molar-refractivity contribution < 1.29 is 14.3 Å². The van der Waals surface area contributed by atoms with Gasteiger partial charge in [-0.1, -0.05) is 11.6 Å². The Kier molecular flexibility index (Phi) is 4.30. The van der Waals surface area contributed by atoms with E-state index in [-0.39, 0.29) is 5.69 Å². The maximum Gasteiger partial charge on any atom is 0.364 e. The first-order chi connectivity index (χ1) is 7.15. The van der Waals surface area contributed by atoms with Crippen molar-refractivity contribution >= 4 is 17.6 Å². The van der Waals surface area contributed by atoms with E-state index < -0.39 is 11.5 Å². The molecule has 1 aromatic heterocycles. The van der Waals surface area contributed by atoms with Gasteiger partial charge in [0.25, 0.3) is 0 Å². The van der Waals surface area contributed by atoms with Crippen LogP contribution in [0, 0.1) is 0 Å². The van der Waals surface area contributed by atoms with Crippen molar-refractivity contribution in [2.45, 2.75) is 19.4 Å². The molecule has 1 heterocycles. The average Bonchev–Trinajstić information content (AvgIpc) is 2.18. The van der Waals surface area contributed by atoms with Crippen LogP contribution in [0.2, 0.25) is 0 Å². The van der Waals surface area contributed by atoms with Crippen molar-refractivity contribution in [2.24, 2.45) is 0 Å². The van der Waals surface area contributed by atoms with Gasteiger partial charge < -0.3 is 9.47 Å². The van der Waals surface area contributed by atoms with Crippen molar-refractivity contribution in [2.75, 3.05) is 6.61 Å². The second-order valence-corrected chi connectivity index (χ2v) is 3.24. The second-order valence-electron chi connectivity index (χ2n) is 2.63. The summed E-state index contributed by atoms with van der Waals surface area (Å²) < 4.78 is 9.96. The van der Waals surface area contributed by atoms with Gasteiger partial charge in [-0.2, -0.15) is 5.10 Å². The van der Waals surface area contributed by atoms with Gasteiger partial charge in [0, 0.05) is 6.07 Å². The summed E-state index contributed by atoms with van der Waals surface area (Å²) in [4.78, 5) is 11.5. The predicted molar refractivity (Wildman–Crippen MR) is 53.9 cm³/mol. The van der Waals surface area contributed by atoms with Crippen LogP contribution in [0.4, 0.5) is 0 Å².